The van der Waals surface area contributed by atoms with E-state index >= 15 is 0 Å². The number of hydrogen-bond acceptors (Lipinski definition) is 4. The maximum atomic E-state index is 8.36. The van der Waals surface area contributed by atoms with E-state index in [1.165, 1.54) is 61.1 Å². The van der Waals surface area contributed by atoms with Gasteiger partial charge in [-0.25, -0.2) is 4.31 Å². The van der Waals surface area contributed by atoms with Crippen LogP contribution >= 0.6 is 11.9 Å². The lowest BCUT2D eigenvalue weighted by Crippen LogP contribution is -2.34. The Bertz CT molecular complexity index is 484. The number of methoxy groups -OCH3 is 1. The minimum Gasteiger partial charge on any atom is -0.497 e. The molecular formula is C19H31NO3S. The van der Waals surface area contributed by atoms with Crippen LogP contribution in [0.15, 0.2) is 17.0 Å². The Morgan fingerprint density at radius 3 is 2.50 bits per heavy atom. The summed E-state index contributed by atoms with van der Waals surface area (Å²) in [5.41, 5.74) is 2.66. The van der Waals surface area contributed by atoms with Crippen molar-refractivity contribution < 1.29 is 14.6 Å². The lowest BCUT2D eigenvalue weighted by Gasteiger charge is -2.35. The van der Waals surface area contributed by atoms with Crippen molar-refractivity contribution in [3.05, 3.63) is 23.3 Å². The summed E-state index contributed by atoms with van der Waals surface area (Å²) in [6, 6.07) is 5.06. The van der Waals surface area contributed by atoms with Crippen molar-refractivity contribution >= 4 is 18.4 Å². The van der Waals surface area contributed by atoms with Crippen molar-refractivity contribution in [1.29, 1.82) is 0 Å². The fourth-order valence-corrected chi connectivity index (χ4v) is 4.33. The largest absolute Gasteiger partial charge is 0.497 e. The van der Waals surface area contributed by atoms with Gasteiger partial charge in [0.15, 0.2) is 0 Å². The van der Waals surface area contributed by atoms with Gasteiger partial charge < -0.3 is 9.84 Å². The topological polar surface area (TPSA) is 49.8 Å². The minimum atomic E-state index is -0.250. The van der Waals surface area contributed by atoms with Gasteiger partial charge in [0.2, 0.25) is 0 Å². The second-order valence-electron chi connectivity index (χ2n) is 6.22. The lowest BCUT2D eigenvalue weighted by molar-refractivity contribution is -0.122. The average Bonchev–Trinajstić information content (AvgIpc) is 2.57. The third kappa shape index (κ3) is 6.36. The normalized spacial score (nSPS) is 17.8. The van der Waals surface area contributed by atoms with Crippen LogP contribution in [-0.4, -0.2) is 35.6 Å². The van der Waals surface area contributed by atoms with Crippen LogP contribution in [0.2, 0.25) is 0 Å². The maximum absolute atomic E-state index is 8.36. The van der Waals surface area contributed by atoms with E-state index < -0.39 is 0 Å². The summed E-state index contributed by atoms with van der Waals surface area (Å²) >= 11 is 1.97. The first-order chi connectivity index (χ1) is 11.6. The molecule has 5 heteroatoms. The molecule has 1 saturated heterocycles. The van der Waals surface area contributed by atoms with E-state index in [-0.39, 0.29) is 6.47 Å². The number of ether oxygens (including phenoxy) is 1. The maximum Gasteiger partial charge on any atom is 0.290 e. The molecule has 136 valence electrons. The number of aryl methyl sites for hydroxylation is 2. The van der Waals surface area contributed by atoms with Crippen molar-refractivity contribution in [3.8, 4) is 5.75 Å². The standard InChI is InChI=1S/C18H29NOS.CH2O2/c1-5-6-9-16-10-7-8-11-19(16)21-18-14(2)12-17(20-4)13-15(18)3;2-1-3/h12-13,16H,5-11H2,1-4H3;1H,(H,2,3). The third-order valence-electron chi connectivity index (χ3n) is 4.34. The van der Waals surface area contributed by atoms with Crippen molar-refractivity contribution in [3.63, 3.8) is 0 Å². The predicted octanol–water partition coefficient (Wildman–Crippen LogP) is 5.06. The van der Waals surface area contributed by atoms with E-state index in [0.717, 1.165) is 11.8 Å². The van der Waals surface area contributed by atoms with Crippen molar-refractivity contribution in [2.45, 2.75) is 70.2 Å². The second-order valence-corrected chi connectivity index (χ2v) is 7.28. The highest BCUT2D eigenvalue weighted by Gasteiger charge is 2.24. The highest BCUT2D eigenvalue weighted by Crippen LogP contribution is 2.37. The molecule has 1 N–H and O–H groups in total. The van der Waals surface area contributed by atoms with Crippen molar-refractivity contribution in [2.24, 2.45) is 0 Å². The van der Waals surface area contributed by atoms with E-state index in [4.69, 9.17) is 14.6 Å². The van der Waals surface area contributed by atoms with Crippen molar-refractivity contribution in [2.75, 3.05) is 13.7 Å². The molecular weight excluding hydrogens is 322 g/mol. The fraction of sp³-hybridized carbons (Fsp3) is 0.632. The average molecular weight is 354 g/mol. The quantitative estimate of drug-likeness (QED) is 0.572. The van der Waals surface area contributed by atoms with Gasteiger partial charge in [-0.15, -0.1) is 0 Å². The Morgan fingerprint density at radius 1 is 1.33 bits per heavy atom. The predicted molar refractivity (Wildman–Crippen MR) is 101 cm³/mol. The number of benzene rings is 1. The van der Waals surface area contributed by atoms with Crippen LogP contribution in [-0.2, 0) is 4.79 Å². The Labute approximate surface area is 150 Å². The molecule has 1 heterocycles. The molecule has 1 fully saturated rings. The second kappa shape index (κ2) is 11.4. The van der Waals surface area contributed by atoms with Gasteiger partial charge in [0.05, 0.1) is 7.11 Å². The monoisotopic (exact) mass is 353 g/mol. The number of unbranched alkanes of at least 4 members (excludes halogenated alkanes) is 1. The zero-order valence-electron chi connectivity index (χ0n) is 15.4. The number of carbonyl (C=O) groups is 1. The van der Waals surface area contributed by atoms with E-state index in [9.17, 15) is 0 Å². The van der Waals surface area contributed by atoms with Gasteiger partial charge in [-0.1, -0.05) is 26.2 Å². The molecule has 24 heavy (non-hydrogen) atoms. The van der Waals surface area contributed by atoms with Crippen LogP contribution < -0.4 is 4.74 Å². The van der Waals surface area contributed by atoms with Gasteiger partial charge >= 0.3 is 0 Å². The number of carboxylic acid groups (broad SMARTS) is 1. The molecule has 1 aliphatic heterocycles. The first-order valence-electron chi connectivity index (χ1n) is 8.75. The zero-order valence-corrected chi connectivity index (χ0v) is 16.2. The number of nitrogens with zero attached hydrogens (tertiary/aromatic N) is 1. The summed E-state index contributed by atoms with van der Waals surface area (Å²) in [5.74, 6) is 0.968. The van der Waals surface area contributed by atoms with E-state index in [0.29, 0.717) is 0 Å². The van der Waals surface area contributed by atoms with Gasteiger partial charge in [-0.05, 0) is 68.3 Å². The third-order valence-corrected chi connectivity index (χ3v) is 5.88. The molecule has 0 saturated carbocycles. The Balaban J connectivity index is 0.000000891. The van der Waals surface area contributed by atoms with Crippen molar-refractivity contribution in [1.82, 2.24) is 4.31 Å². The first-order valence-corrected chi connectivity index (χ1v) is 9.52. The molecule has 0 aliphatic carbocycles. The highest BCUT2D eigenvalue weighted by molar-refractivity contribution is 7.97. The summed E-state index contributed by atoms with van der Waals surface area (Å²) in [7, 11) is 1.74. The molecule has 0 bridgehead atoms. The van der Waals surface area contributed by atoms with Gasteiger partial charge in [-0.3, -0.25) is 4.79 Å². The molecule has 0 spiro atoms. The number of hydrogen-bond donors (Lipinski definition) is 1. The number of rotatable bonds is 6. The minimum absolute atomic E-state index is 0.250. The summed E-state index contributed by atoms with van der Waals surface area (Å²) < 4.78 is 8.01. The molecule has 1 atom stereocenters. The summed E-state index contributed by atoms with van der Waals surface area (Å²) in [5, 5.41) is 6.89. The van der Waals surface area contributed by atoms with Crippen LogP contribution in [0, 0.1) is 13.8 Å². The number of piperidine rings is 1. The molecule has 0 aromatic heterocycles. The summed E-state index contributed by atoms with van der Waals surface area (Å²) in [4.78, 5) is 9.78. The van der Waals surface area contributed by atoms with Crippen LogP contribution in [0.3, 0.4) is 0 Å². The molecule has 0 amide bonds. The van der Waals surface area contributed by atoms with Crippen LogP contribution in [0.1, 0.15) is 56.6 Å². The molecule has 1 aromatic carbocycles. The molecule has 1 unspecified atom stereocenters. The smallest absolute Gasteiger partial charge is 0.290 e. The van der Waals surface area contributed by atoms with Crippen LogP contribution in [0.5, 0.6) is 5.75 Å². The Kier molecular flexibility index (Phi) is 9.88. The molecule has 0 radical (unpaired) electrons. The fourth-order valence-electron chi connectivity index (χ4n) is 3.11. The van der Waals surface area contributed by atoms with Gasteiger partial charge in [0.1, 0.15) is 5.75 Å². The molecule has 1 aromatic rings. The summed E-state index contributed by atoms with van der Waals surface area (Å²) in [6.45, 7) is 7.66. The molecule has 4 nitrogen and oxygen atoms in total. The van der Waals surface area contributed by atoms with Gasteiger partial charge in [0, 0.05) is 17.5 Å². The summed E-state index contributed by atoms with van der Waals surface area (Å²) in [6.07, 6.45) is 8.09. The first kappa shape index (κ1) is 20.8. The van der Waals surface area contributed by atoms with Gasteiger partial charge in [-0.2, -0.15) is 0 Å². The van der Waals surface area contributed by atoms with Crippen LogP contribution in [0.25, 0.3) is 0 Å². The van der Waals surface area contributed by atoms with Gasteiger partial charge in [0.25, 0.3) is 6.47 Å². The van der Waals surface area contributed by atoms with E-state index in [1.54, 1.807) is 7.11 Å². The Hall–Kier alpha value is -1.20. The van der Waals surface area contributed by atoms with E-state index in [1.807, 2.05) is 11.9 Å². The zero-order chi connectivity index (χ0) is 17.9. The Morgan fingerprint density at radius 2 is 1.96 bits per heavy atom. The van der Waals surface area contributed by atoms with E-state index in [2.05, 4.69) is 37.2 Å². The molecule has 1 aliphatic rings. The lowest BCUT2D eigenvalue weighted by atomic mass is 10.00. The SMILES string of the molecule is CCCCC1CCCCN1Sc1c(C)cc(OC)cc1C.O=CO. The van der Waals surface area contributed by atoms with Crippen LogP contribution in [0.4, 0.5) is 0 Å². The highest BCUT2D eigenvalue weighted by atomic mass is 32.2. The molecule has 2 rings (SSSR count).